The van der Waals surface area contributed by atoms with E-state index in [1.165, 1.54) is 40.8 Å². The molecule has 1 aromatic heterocycles. The number of hydrogen-bond donors (Lipinski definition) is 2. The van der Waals surface area contributed by atoms with Gasteiger partial charge in [0.2, 0.25) is 0 Å². The van der Waals surface area contributed by atoms with Crippen molar-refractivity contribution in [3.05, 3.63) is 118 Å². The lowest BCUT2D eigenvalue weighted by Crippen LogP contribution is -2.53. The Labute approximate surface area is 332 Å². The average Bonchev–Trinajstić information content (AvgIpc) is 3.47. The molecule has 0 aliphatic heterocycles. The fraction of sp³-hybridized carbons (Fsp3) is 0.489. The molecule has 7 rings (SSSR count). The third-order valence-corrected chi connectivity index (χ3v) is 13.1. The zero-order valence-electron chi connectivity index (χ0n) is 32.9. The molecule has 8 heteroatoms. The van der Waals surface area contributed by atoms with E-state index in [2.05, 4.69) is 84.6 Å². The first-order valence-electron chi connectivity index (χ1n) is 20.5. The Bertz CT molecular complexity index is 1910. The highest BCUT2D eigenvalue weighted by Crippen LogP contribution is 2.57. The SMILES string of the molecule is C[C@@H](COc1ccnc2c1[C@H](C)CCC2)CC1Cc2ccc(OCCCN(C)CCc3ccccc3)cc2C12CCC(Nc1cccc(Cl)c1)(C(=O)O)CC2. The van der Waals surface area contributed by atoms with E-state index in [0.29, 0.717) is 48.8 Å². The van der Waals surface area contributed by atoms with Gasteiger partial charge in [0.15, 0.2) is 0 Å². The third-order valence-electron chi connectivity index (χ3n) is 12.8. The lowest BCUT2D eigenvalue weighted by Gasteiger charge is -2.47. The summed E-state index contributed by atoms with van der Waals surface area (Å²) in [5.74, 6) is 2.26. The summed E-state index contributed by atoms with van der Waals surface area (Å²) in [6.45, 7) is 7.90. The minimum absolute atomic E-state index is 0.139. The fourth-order valence-electron chi connectivity index (χ4n) is 9.77. The van der Waals surface area contributed by atoms with Crippen LogP contribution in [0.25, 0.3) is 0 Å². The van der Waals surface area contributed by atoms with Crippen LogP contribution in [-0.4, -0.2) is 59.8 Å². The van der Waals surface area contributed by atoms with Gasteiger partial charge in [-0.1, -0.05) is 67.9 Å². The maximum atomic E-state index is 13.0. The summed E-state index contributed by atoms with van der Waals surface area (Å²) in [4.78, 5) is 20.1. The van der Waals surface area contributed by atoms with Crippen molar-refractivity contribution < 1.29 is 19.4 Å². The topological polar surface area (TPSA) is 83.9 Å². The zero-order chi connectivity index (χ0) is 38.4. The molecule has 0 radical (unpaired) electrons. The summed E-state index contributed by atoms with van der Waals surface area (Å²) in [5.41, 5.74) is 6.11. The predicted octanol–water partition coefficient (Wildman–Crippen LogP) is 10.1. The van der Waals surface area contributed by atoms with Gasteiger partial charge in [-0.25, -0.2) is 4.79 Å². The number of carbonyl (C=O) groups is 1. The van der Waals surface area contributed by atoms with Crippen LogP contribution >= 0.6 is 11.6 Å². The Morgan fingerprint density at radius 1 is 1.02 bits per heavy atom. The molecule has 1 unspecified atom stereocenters. The van der Waals surface area contributed by atoms with Gasteiger partial charge in [-0.2, -0.15) is 0 Å². The molecule has 3 aliphatic rings. The molecule has 3 aromatic carbocycles. The van der Waals surface area contributed by atoms with Crippen LogP contribution in [0.3, 0.4) is 0 Å². The summed E-state index contributed by atoms with van der Waals surface area (Å²) >= 11 is 6.31. The van der Waals surface area contributed by atoms with Crippen molar-refractivity contribution in [1.29, 1.82) is 0 Å². The Morgan fingerprint density at radius 2 is 1.84 bits per heavy atom. The Hall–Kier alpha value is -4.07. The van der Waals surface area contributed by atoms with Crippen LogP contribution < -0.4 is 14.8 Å². The van der Waals surface area contributed by atoms with Crippen LogP contribution in [0.4, 0.5) is 5.69 Å². The maximum Gasteiger partial charge on any atom is 0.329 e. The number of anilines is 1. The lowest BCUT2D eigenvalue weighted by molar-refractivity contribution is -0.144. The number of aryl methyl sites for hydroxylation is 1. The average molecular weight is 764 g/mol. The summed E-state index contributed by atoms with van der Waals surface area (Å²) < 4.78 is 13.0. The minimum Gasteiger partial charge on any atom is -0.494 e. The molecule has 1 spiro atoms. The first kappa shape index (κ1) is 39.2. The largest absolute Gasteiger partial charge is 0.494 e. The quantitative estimate of drug-likeness (QED) is 0.110. The van der Waals surface area contributed by atoms with Gasteiger partial charge in [0.05, 0.1) is 13.2 Å². The molecule has 55 heavy (non-hydrogen) atoms. The number of hydrogen-bond acceptors (Lipinski definition) is 6. The predicted molar refractivity (Wildman–Crippen MR) is 222 cm³/mol. The van der Waals surface area contributed by atoms with Crippen LogP contribution in [0.5, 0.6) is 11.5 Å². The number of aliphatic carboxylic acids is 1. The molecule has 292 valence electrons. The van der Waals surface area contributed by atoms with Crippen molar-refractivity contribution in [1.82, 2.24) is 9.88 Å². The minimum atomic E-state index is -1.06. The molecule has 0 saturated heterocycles. The van der Waals surface area contributed by atoms with Crippen LogP contribution in [-0.2, 0) is 29.5 Å². The molecule has 1 fully saturated rings. The second-order valence-corrected chi connectivity index (χ2v) is 17.2. The van der Waals surface area contributed by atoms with E-state index in [9.17, 15) is 9.90 Å². The summed E-state index contributed by atoms with van der Waals surface area (Å²) in [5, 5.41) is 14.7. The Balaban J connectivity index is 1.05. The van der Waals surface area contributed by atoms with Crippen molar-refractivity contribution in [3.8, 4) is 11.5 Å². The molecule has 4 aromatic rings. The van der Waals surface area contributed by atoms with E-state index in [0.717, 1.165) is 75.2 Å². The number of benzene rings is 3. The van der Waals surface area contributed by atoms with Crippen LogP contribution in [0, 0.1) is 11.8 Å². The van der Waals surface area contributed by atoms with Crippen molar-refractivity contribution in [3.63, 3.8) is 0 Å². The van der Waals surface area contributed by atoms with Crippen molar-refractivity contribution >= 4 is 23.3 Å². The number of aromatic nitrogens is 1. The lowest BCUT2D eigenvalue weighted by atomic mass is 9.59. The number of pyridine rings is 1. The number of carboxylic acid groups (broad SMARTS) is 1. The van der Waals surface area contributed by atoms with Crippen molar-refractivity contribution in [2.75, 3.05) is 38.7 Å². The number of carboxylic acids is 1. The van der Waals surface area contributed by atoms with Gasteiger partial charge in [-0.05, 0) is 154 Å². The van der Waals surface area contributed by atoms with Crippen molar-refractivity contribution in [2.45, 2.75) is 101 Å². The van der Waals surface area contributed by atoms with E-state index in [1.807, 2.05) is 36.5 Å². The number of halogens is 1. The van der Waals surface area contributed by atoms with Gasteiger partial charge < -0.3 is 24.8 Å². The van der Waals surface area contributed by atoms with Gasteiger partial charge >= 0.3 is 5.97 Å². The standard InChI is InChI=1S/C47H58ClN3O4/c1-33(32-55-43-18-24-49-42-15-7-10-34(2)44(42)43)28-37-29-36-16-17-40(54-27-9-25-51(3)26-19-35-11-5-4-6-12-35)31-41(36)46(37)20-22-47(23-21-46,45(52)53)50-39-14-8-13-38(48)30-39/h4-6,8,11-14,16-18,24,30-31,33-34,37,50H,7,9-10,15,19-23,25-29,32H2,1-3H3,(H,52,53)/t33-,34-,37?,46?,47?/m1/s1. The van der Waals surface area contributed by atoms with Gasteiger partial charge in [0.25, 0.3) is 0 Å². The molecule has 1 heterocycles. The Morgan fingerprint density at radius 3 is 2.62 bits per heavy atom. The molecule has 3 aliphatic carbocycles. The second kappa shape index (κ2) is 17.4. The van der Waals surface area contributed by atoms with Gasteiger partial charge in [0.1, 0.15) is 17.0 Å². The molecule has 7 nitrogen and oxygen atoms in total. The number of nitrogens with one attached hydrogen (secondary N) is 1. The molecule has 2 N–H and O–H groups in total. The van der Waals surface area contributed by atoms with E-state index in [1.54, 1.807) is 0 Å². The second-order valence-electron chi connectivity index (χ2n) is 16.8. The molecule has 0 amide bonds. The number of ether oxygens (including phenoxy) is 2. The Kier molecular flexibility index (Phi) is 12.4. The zero-order valence-corrected chi connectivity index (χ0v) is 33.6. The number of likely N-dealkylation sites (N-methyl/N-ethyl adjacent to an activating group) is 1. The smallest absolute Gasteiger partial charge is 0.329 e. The normalized spacial score (nSPS) is 23.6. The van der Waals surface area contributed by atoms with Gasteiger partial charge in [-0.15, -0.1) is 0 Å². The van der Waals surface area contributed by atoms with E-state index >= 15 is 0 Å². The van der Waals surface area contributed by atoms with Crippen LogP contribution in [0.2, 0.25) is 5.02 Å². The third kappa shape index (κ3) is 8.99. The first-order valence-corrected chi connectivity index (χ1v) is 20.9. The molecular formula is C47H58ClN3O4. The van der Waals surface area contributed by atoms with Gasteiger partial charge in [0, 0.05) is 41.3 Å². The summed E-state index contributed by atoms with van der Waals surface area (Å²) in [6.07, 6.45) is 11.9. The number of fused-ring (bicyclic) bond motifs is 3. The maximum absolute atomic E-state index is 13.0. The molecule has 1 saturated carbocycles. The molecular weight excluding hydrogens is 706 g/mol. The highest BCUT2D eigenvalue weighted by atomic mass is 35.5. The van der Waals surface area contributed by atoms with Crippen LogP contribution in [0.15, 0.2) is 85.1 Å². The molecule has 3 atom stereocenters. The highest BCUT2D eigenvalue weighted by Gasteiger charge is 2.54. The van der Waals surface area contributed by atoms with Crippen LogP contribution in [0.1, 0.15) is 99.1 Å². The van der Waals surface area contributed by atoms with Gasteiger partial charge in [-0.3, -0.25) is 4.98 Å². The number of nitrogens with zero attached hydrogens (tertiary/aromatic N) is 2. The van der Waals surface area contributed by atoms with Crippen molar-refractivity contribution in [2.24, 2.45) is 11.8 Å². The fourth-order valence-corrected chi connectivity index (χ4v) is 9.96. The summed E-state index contributed by atoms with van der Waals surface area (Å²) in [6, 6.07) is 26.8. The van der Waals surface area contributed by atoms with E-state index in [4.69, 9.17) is 21.1 Å². The van der Waals surface area contributed by atoms with E-state index in [-0.39, 0.29) is 5.41 Å². The summed E-state index contributed by atoms with van der Waals surface area (Å²) in [7, 11) is 2.18. The number of rotatable bonds is 16. The molecule has 0 bridgehead atoms. The monoisotopic (exact) mass is 763 g/mol. The first-order chi connectivity index (χ1) is 26.6. The highest BCUT2D eigenvalue weighted by molar-refractivity contribution is 6.30. The van der Waals surface area contributed by atoms with E-state index < -0.39 is 11.5 Å².